The molecule has 6 heteroatoms. The lowest BCUT2D eigenvalue weighted by molar-refractivity contribution is -0.167. The fourth-order valence-electron chi connectivity index (χ4n) is 10.3. The molecular formula is C66H128O6. The molecule has 0 aromatic rings. The second-order valence-electron chi connectivity index (χ2n) is 23.7. The molecule has 1 atom stereocenters. The third-order valence-corrected chi connectivity index (χ3v) is 15.2. The van der Waals surface area contributed by atoms with Crippen LogP contribution in [0, 0.1) is 11.8 Å². The third kappa shape index (κ3) is 59.3. The molecule has 0 aromatic heterocycles. The smallest absolute Gasteiger partial charge is 0.306 e. The Morgan fingerprint density at radius 1 is 0.264 bits per heavy atom. The molecule has 0 saturated heterocycles. The summed E-state index contributed by atoms with van der Waals surface area (Å²) in [6.07, 6.45) is 65.4. The summed E-state index contributed by atoms with van der Waals surface area (Å²) in [7, 11) is 0. The van der Waals surface area contributed by atoms with Gasteiger partial charge >= 0.3 is 17.9 Å². The predicted octanol–water partition coefficient (Wildman–Crippen LogP) is 22.0. The molecule has 0 spiro atoms. The zero-order chi connectivity index (χ0) is 52.5. The summed E-state index contributed by atoms with van der Waals surface area (Å²) in [6, 6.07) is 0. The van der Waals surface area contributed by atoms with E-state index in [0.717, 1.165) is 69.6 Å². The average Bonchev–Trinajstić information content (AvgIpc) is 3.36. The van der Waals surface area contributed by atoms with Crippen LogP contribution in [0.15, 0.2) is 0 Å². The fourth-order valence-corrected chi connectivity index (χ4v) is 10.3. The molecule has 428 valence electrons. The number of ether oxygens (including phenoxy) is 3. The molecule has 0 unspecified atom stereocenters. The number of carbonyl (C=O) groups excluding carboxylic acids is 3. The monoisotopic (exact) mass is 1020 g/mol. The van der Waals surface area contributed by atoms with Gasteiger partial charge in [0.05, 0.1) is 0 Å². The van der Waals surface area contributed by atoms with E-state index in [9.17, 15) is 14.4 Å². The number of carbonyl (C=O) groups is 3. The molecule has 0 saturated carbocycles. The highest BCUT2D eigenvalue weighted by molar-refractivity contribution is 5.71. The maximum atomic E-state index is 12.9. The van der Waals surface area contributed by atoms with Crippen LogP contribution in [-0.4, -0.2) is 37.2 Å². The van der Waals surface area contributed by atoms with Crippen LogP contribution in [0.1, 0.15) is 375 Å². The Hall–Kier alpha value is -1.59. The first kappa shape index (κ1) is 70.4. The molecular weight excluding hydrogens is 889 g/mol. The highest BCUT2D eigenvalue weighted by Crippen LogP contribution is 2.19. The van der Waals surface area contributed by atoms with Crippen molar-refractivity contribution in [3.8, 4) is 0 Å². The van der Waals surface area contributed by atoms with Crippen molar-refractivity contribution in [1.29, 1.82) is 0 Å². The zero-order valence-electron chi connectivity index (χ0n) is 49.6. The van der Waals surface area contributed by atoms with E-state index in [1.54, 1.807) is 0 Å². The minimum Gasteiger partial charge on any atom is -0.462 e. The summed E-state index contributed by atoms with van der Waals surface area (Å²) in [5.41, 5.74) is 0. The van der Waals surface area contributed by atoms with Crippen molar-refractivity contribution in [2.24, 2.45) is 11.8 Å². The molecule has 0 bridgehead atoms. The first-order valence-corrected chi connectivity index (χ1v) is 32.7. The average molecular weight is 1020 g/mol. The van der Waals surface area contributed by atoms with Gasteiger partial charge in [-0.25, -0.2) is 0 Å². The van der Waals surface area contributed by atoms with Gasteiger partial charge in [-0.3, -0.25) is 14.4 Å². The lowest BCUT2D eigenvalue weighted by Gasteiger charge is -2.18. The lowest BCUT2D eigenvalue weighted by Crippen LogP contribution is -2.30. The van der Waals surface area contributed by atoms with Gasteiger partial charge in [-0.1, -0.05) is 336 Å². The van der Waals surface area contributed by atoms with Crippen molar-refractivity contribution in [3.63, 3.8) is 0 Å². The van der Waals surface area contributed by atoms with Gasteiger partial charge in [0, 0.05) is 19.3 Å². The Morgan fingerprint density at radius 2 is 0.458 bits per heavy atom. The van der Waals surface area contributed by atoms with E-state index in [-0.39, 0.29) is 31.1 Å². The van der Waals surface area contributed by atoms with Crippen LogP contribution < -0.4 is 0 Å². The van der Waals surface area contributed by atoms with Gasteiger partial charge in [-0.2, -0.15) is 0 Å². The first-order chi connectivity index (χ1) is 35.2. The summed E-state index contributed by atoms with van der Waals surface area (Å²) in [6.45, 7) is 11.5. The van der Waals surface area contributed by atoms with Crippen LogP contribution in [0.25, 0.3) is 0 Å². The highest BCUT2D eigenvalue weighted by atomic mass is 16.6. The Kier molecular flexibility index (Phi) is 57.4. The second kappa shape index (κ2) is 58.7. The molecule has 0 aliphatic heterocycles. The number of hydrogen-bond donors (Lipinski definition) is 0. The molecule has 0 aromatic carbocycles. The molecule has 0 N–H and O–H groups in total. The molecule has 0 fully saturated rings. The second-order valence-corrected chi connectivity index (χ2v) is 23.7. The van der Waals surface area contributed by atoms with E-state index in [1.807, 2.05) is 0 Å². The first-order valence-electron chi connectivity index (χ1n) is 32.7. The standard InChI is InChI=1S/C66H128O6/c1-6-7-8-9-10-11-12-31-36-41-46-51-56-64(67)70-59-63(72-66(69)58-53-48-43-38-33-28-24-20-16-14-18-22-26-30-35-40-45-50-55-62(4)5)60-71-65(68)57-52-47-42-37-32-27-23-19-15-13-17-21-25-29-34-39-44-49-54-61(2)3/h61-63H,6-60H2,1-5H3/t63-/m1/s1. The summed E-state index contributed by atoms with van der Waals surface area (Å²) in [5, 5.41) is 0. The quantitative estimate of drug-likeness (QED) is 0.0343. The Labute approximate surface area is 450 Å². The summed E-state index contributed by atoms with van der Waals surface area (Å²) >= 11 is 0. The van der Waals surface area contributed by atoms with Crippen molar-refractivity contribution in [3.05, 3.63) is 0 Å². The largest absolute Gasteiger partial charge is 0.462 e. The van der Waals surface area contributed by atoms with E-state index in [1.165, 1.54) is 263 Å². The van der Waals surface area contributed by atoms with Crippen LogP contribution in [0.3, 0.4) is 0 Å². The molecule has 0 amide bonds. The highest BCUT2D eigenvalue weighted by Gasteiger charge is 2.19. The van der Waals surface area contributed by atoms with Gasteiger partial charge in [0.15, 0.2) is 6.10 Å². The molecule has 0 aliphatic carbocycles. The van der Waals surface area contributed by atoms with Crippen LogP contribution in [0.2, 0.25) is 0 Å². The minimum atomic E-state index is -0.763. The van der Waals surface area contributed by atoms with E-state index in [4.69, 9.17) is 14.2 Å². The van der Waals surface area contributed by atoms with E-state index >= 15 is 0 Å². The predicted molar refractivity (Wildman–Crippen MR) is 312 cm³/mol. The van der Waals surface area contributed by atoms with E-state index < -0.39 is 6.10 Å². The van der Waals surface area contributed by atoms with Crippen LogP contribution in [0.4, 0.5) is 0 Å². The molecule has 0 rings (SSSR count). The van der Waals surface area contributed by atoms with Crippen molar-refractivity contribution < 1.29 is 28.6 Å². The number of rotatable bonds is 60. The maximum Gasteiger partial charge on any atom is 0.306 e. The SMILES string of the molecule is CCCCCCCCCCCCCCC(=O)OC[C@H](COC(=O)CCCCCCCCCCCCCCCCCCCCC(C)C)OC(=O)CCCCCCCCCCCCCCCCCCCCC(C)C. The van der Waals surface area contributed by atoms with Gasteiger partial charge < -0.3 is 14.2 Å². The van der Waals surface area contributed by atoms with Gasteiger partial charge in [-0.05, 0) is 31.1 Å². The maximum absolute atomic E-state index is 12.9. The Bertz CT molecular complexity index is 1100. The van der Waals surface area contributed by atoms with Crippen LogP contribution >= 0.6 is 0 Å². The third-order valence-electron chi connectivity index (χ3n) is 15.2. The van der Waals surface area contributed by atoms with Crippen molar-refractivity contribution in [2.75, 3.05) is 13.2 Å². The minimum absolute atomic E-state index is 0.0616. The zero-order valence-corrected chi connectivity index (χ0v) is 49.6. The Balaban J connectivity index is 4.22. The normalized spacial score (nSPS) is 12.0. The molecule has 0 heterocycles. The van der Waals surface area contributed by atoms with Gasteiger partial charge in [0.25, 0.3) is 0 Å². The van der Waals surface area contributed by atoms with Gasteiger partial charge in [-0.15, -0.1) is 0 Å². The lowest BCUT2D eigenvalue weighted by atomic mass is 10.0. The topological polar surface area (TPSA) is 78.9 Å². The summed E-state index contributed by atoms with van der Waals surface area (Å²) in [4.78, 5) is 38.3. The van der Waals surface area contributed by atoms with Crippen LogP contribution in [-0.2, 0) is 28.6 Å². The van der Waals surface area contributed by atoms with Crippen molar-refractivity contribution in [1.82, 2.24) is 0 Å². The van der Waals surface area contributed by atoms with Crippen molar-refractivity contribution in [2.45, 2.75) is 381 Å². The van der Waals surface area contributed by atoms with Crippen molar-refractivity contribution >= 4 is 17.9 Å². The van der Waals surface area contributed by atoms with E-state index in [0.29, 0.717) is 19.3 Å². The number of esters is 3. The summed E-state index contributed by atoms with van der Waals surface area (Å²) in [5.74, 6) is 0.887. The fraction of sp³-hybridized carbons (Fsp3) is 0.955. The van der Waals surface area contributed by atoms with Crippen LogP contribution in [0.5, 0.6) is 0 Å². The van der Waals surface area contributed by atoms with E-state index in [2.05, 4.69) is 34.6 Å². The number of hydrogen-bond acceptors (Lipinski definition) is 6. The van der Waals surface area contributed by atoms with Gasteiger partial charge in [0.1, 0.15) is 13.2 Å². The molecule has 0 radical (unpaired) electrons. The summed E-state index contributed by atoms with van der Waals surface area (Å²) < 4.78 is 17.0. The molecule has 6 nitrogen and oxygen atoms in total. The van der Waals surface area contributed by atoms with Gasteiger partial charge in [0.2, 0.25) is 0 Å². The molecule has 72 heavy (non-hydrogen) atoms. The Morgan fingerprint density at radius 3 is 0.681 bits per heavy atom. The number of unbranched alkanes of at least 4 members (excludes halogenated alkanes) is 45. The molecule has 0 aliphatic rings.